The molecule has 3 N–H and O–H groups in total. The molecule has 2 aliphatic heterocycles. The highest BCUT2D eigenvalue weighted by Crippen LogP contribution is 2.48. The second-order valence-electron chi connectivity index (χ2n) is 11.0. The third-order valence-electron chi connectivity index (χ3n) is 7.96. The topological polar surface area (TPSA) is 79.2 Å². The van der Waals surface area contributed by atoms with Crippen LogP contribution in [0.5, 0.6) is 0 Å². The average molecular weight is 475 g/mol. The molecule has 0 spiro atoms. The van der Waals surface area contributed by atoms with Crippen LogP contribution in [-0.2, 0) is 9.47 Å². The summed E-state index contributed by atoms with van der Waals surface area (Å²) in [6.07, 6.45) is 14.7. The van der Waals surface area contributed by atoms with Gasteiger partial charge in [-0.25, -0.2) is 0 Å². The molecule has 1 aliphatic carbocycles. The molecule has 34 heavy (non-hydrogen) atoms. The van der Waals surface area contributed by atoms with Crippen LogP contribution in [0.4, 0.5) is 0 Å². The van der Waals surface area contributed by atoms with Crippen LogP contribution in [0, 0.1) is 23.7 Å². The van der Waals surface area contributed by atoms with E-state index in [2.05, 4.69) is 65.0 Å². The van der Waals surface area contributed by atoms with E-state index >= 15 is 0 Å². The minimum Gasteiger partial charge on any atom is -0.396 e. The van der Waals surface area contributed by atoms with Crippen molar-refractivity contribution in [1.82, 2.24) is 0 Å². The molecule has 0 aromatic rings. The molecule has 0 radical (unpaired) electrons. The molecular formula is C29H46O5. The number of hydrogen-bond donors (Lipinski definition) is 3. The van der Waals surface area contributed by atoms with Gasteiger partial charge in [-0.1, -0.05) is 57.2 Å². The van der Waals surface area contributed by atoms with Gasteiger partial charge in [-0.15, -0.1) is 0 Å². The summed E-state index contributed by atoms with van der Waals surface area (Å²) >= 11 is 0. The normalized spacial score (nSPS) is 42.3. The van der Waals surface area contributed by atoms with Gasteiger partial charge in [0, 0.05) is 13.0 Å². The zero-order chi connectivity index (χ0) is 25.0. The largest absolute Gasteiger partial charge is 0.396 e. The number of aliphatic hydroxyl groups excluding tert-OH is 2. The molecular weight excluding hydrogens is 428 g/mol. The lowest BCUT2D eigenvalue weighted by molar-refractivity contribution is -0.197. The summed E-state index contributed by atoms with van der Waals surface area (Å²) in [5.74, 6) is 1.76. The maximum Gasteiger partial charge on any atom is 0.112 e. The van der Waals surface area contributed by atoms with Gasteiger partial charge in [0.2, 0.25) is 0 Å². The van der Waals surface area contributed by atoms with Crippen molar-refractivity contribution in [3.63, 3.8) is 0 Å². The quantitative estimate of drug-likeness (QED) is 0.421. The van der Waals surface area contributed by atoms with Gasteiger partial charge in [0.05, 0.1) is 23.9 Å². The zero-order valence-corrected chi connectivity index (χ0v) is 21.9. The first kappa shape index (κ1) is 27.3. The van der Waals surface area contributed by atoms with E-state index in [0.717, 1.165) is 12.8 Å². The molecule has 0 aromatic heterocycles. The van der Waals surface area contributed by atoms with E-state index in [-0.39, 0.29) is 24.9 Å². The predicted molar refractivity (Wildman–Crippen MR) is 136 cm³/mol. The van der Waals surface area contributed by atoms with Crippen LogP contribution >= 0.6 is 0 Å². The third-order valence-corrected chi connectivity index (χ3v) is 7.96. The van der Waals surface area contributed by atoms with Crippen LogP contribution in [0.15, 0.2) is 47.6 Å². The zero-order valence-electron chi connectivity index (χ0n) is 21.9. The third kappa shape index (κ3) is 6.70. The summed E-state index contributed by atoms with van der Waals surface area (Å²) < 4.78 is 12.2. The monoisotopic (exact) mass is 474 g/mol. The van der Waals surface area contributed by atoms with Gasteiger partial charge in [0.1, 0.15) is 12.2 Å². The maximum atomic E-state index is 10.6. The fraction of sp³-hybridized carbons (Fsp3) is 0.724. The highest BCUT2D eigenvalue weighted by molar-refractivity contribution is 5.21. The van der Waals surface area contributed by atoms with Crippen molar-refractivity contribution in [3.05, 3.63) is 47.6 Å². The van der Waals surface area contributed by atoms with Crippen molar-refractivity contribution in [2.24, 2.45) is 23.7 Å². The smallest absolute Gasteiger partial charge is 0.112 e. The summed E-state index contributed by atoms with van der Waals surface area (Å²) in [5.41, 5.74) is 1.43. The van der Waals surface area contributed by atoms with Gasteiger partial charge in [0.15, 0.2) is 0 Å². The Morgan fingerprint density at radius 2 is 1.94 bits per heavy atom. The Kier molecular flexibility index (Phi) is 9.38. The molecule has 3 rings (SSSR count). The maximum absolute atomic E-state index is 10.6. The van der Waals surface area contributed by atoms with Crippen LogP contribution in [0.25, 0.3) is 0 Å². The molecule has 192 valence electrons. The molecule has 0 bridgehead atoms. The average Bonchev–Trinajstić information content (AvgIpc) is 3.41. The molecule has 0 aromatic carbocycles. The molecule has 2 heterocycles. The predicted octanol–water partition coefficient (Wildman–Crippen LogP) is 4.73. The SMILES string of the molecule is CC[C@H]1O[C@@H](/C(C)=C/[C@H](C)/C=C/[C@H]2[C@@H](C)[C@@H]2/C=C/[C@@H]2O[C@H](CCO)C[C@](C)(O)[C@H]2O)CC=C1C. The van der Waals surface area contributed by atoms with Gasteiger partial charge in [-0.05, 0) is 74.9 Å². The Hall–Kier alpha value is -1.24. The fourth-order valence-electron chi connectivity index (χ4n) is 5.49. The van der Waals surface area contributed by atoms with Crippen LogP contribution in [0.3, 0.4) is 0 Å². The van der Waals surface area contributed by atoms with Crippen molar-refractivity contribution < 1.29 is 24.8 Å². The number of hydrogen-bond acceptors (Lipinski definition) is 5. The summed E-state index contributed by atoms with van der Waals surface area (Å²) in [6, 6.07) is 0. The minimum atomic E-state index is -1.21. The van der Waals surface area contributed by atoms with Crippen LogP contribution < -0.4 is 0 Å². The minimum absolute atomic E-state index is 0.00824. The standard InChI is InChI=1S/C29H46O5/c1-7-25-19(3)9-12-26(34-25)20(4)16-18(2)8-10-23-21(5)24(23)11-13-27-28(31)29(6,32)17-22(33-27)14-15-30/h8-11,13,16,18,21-28,30-32H,7,12,14-15,17H2,1-6H3/b10-8+,13-11+,20-16+/t18-,21-,22-,23+,24+,25-,26-,27+,28+,29+/m1/s1. The van der Waals surface area contributed by atoms with Crippen LogP contribution in [0.1, 0.15) is 67.2 Å². The van der Waals surface area contributed by atoms with Crippen molar-refractivity contribution >= 4 is 0 Å². The Balaban J connectivity index is 1.54. The van der Waals surface area contributed by atoms with Crippen LogP contribution in [-0.4, -0.2) is 58.0 Å². The Bertz CT molecular complexity index is 794. The van der Waals surface area contributed by atoms with E-state index in [9.17, 15) is 15.3 Å². The lowest BCUT2D eigenvalue weighted by Gasteiger charge is -2.42. The molecule has 2 fully saturated rings. The van der Waals surface area contributed by atoms with Crippen molar-refractivity contribution in [2.45, 2.75) is 103 Å². The van der Waals surface area contributed by atoms with E-state index < -0.39 is 17.8 Å². The second-order valence-corrected chi connectivity index (χ2v) is 11.0. The number of ether oxygens (including phenoxy) is 2. The molecule has 5 nitrogen and oxygen atoms in total. The highest BCUT2D eigenvalue weighted by atomic mass is 16.5. The van der Waals surface area contributed by atoms with Crippen molar-refractivity contribution in [3.8, 4) is 0 Å². The van der Waals surface area contributed by atoms with Crippen LogP contribution in [0.2, 0.25) is 0 Å². The van der Waals surface area contributed by atoms with Gasteiger partial charge < -0.3 is 24.8 Å². The molecule has 0 unspecified atom stereocenters. The van der Waals surface area contributed by atoms with E-state index in [0.29, 0.717) is 36.5 Å². The first-order valence-electron chi connectivity index (χ1n) is 13.1. The molecule has 5 heteroatoms. The van der Waals surface area contributed by atoms with Gasteiger partial charge in [0.25, 0.3) is 0 Å². The van der Waals surface area contributed by atoms with Gasteiger partial charge in [-0.2, -0.15) is 0 Å². The van der Waals surface area contributed by atoms with Crippen molar-refractivity contribution in [2.75, 3.05) is 6.61 Å². The molecule has 1 saturated heterocycles. The lowest BCUT2D eigenvalue weighted by atomic mass is 9.84. The first-order chi connectivity index (χ1) is 16.1. The van der Waals surface area contributed by atoms with Gasteiger partial charge in [-0.3, -0.25) is 0 Å². The second kappa shape index (κ2) is 11.7. The number of allylic oxidation sites excluding steroid dienone is 4. The summed E-state index contributed by atoms with van der Waals surface area (Å²) in [6.45, 7) is 12.6. The Morgan fingerprint density at radius 1 is 1.24 bits per heavy atom. The molecule has 1 saturated carbocycles. The molecule has 3 aliphatic rings. The fourth-order valence-corrected chi connectivity index (χ4v) is 5.49. The Morgan fingerprint density at radius 3 is 2.62 bits per heavy atom. The van der Waals surface area contributed by atoms with Crippen molar-refractivity contribution in [1.29, 1.82) is 0 Å². The summed E-state index contributed by atoms with van der Waals surface area (Å²) in [4.78, 5) is 0. The first-order valence-corrected chi connectivity index (χ1v) is 13.1. The highest BCUT2D eigenvalue weighted by Gasteiger charge is 2.46. The Labute approximate surface area is 206 Å². The van der Waals surface area contributed by atoms with E-state index in [1.165, 1.54) is 11.1 Å². The van der Waals surface area contributed by atoms with E-state index in [1.807, 2.05) is 6.08 Å². The summed E-state index contributed by atoms with van der Waals surface area (Å²) in [5, 5.41) is 30.4. The summed E-state index contributed by atoms with van der Waals surface area (Å²) in [7, 11) is 0. The van der Waals surface area contributed by atoms with Gasteiger partial charge >= 0.3 is 0 Å². The number of rotatable bonds is 9. The van der Waals surface area contributed by atoms with E-state index in [4.69, 9.17) is 9.47 Å². The lowest BCUT2D eigenvalue weighted by Crippen LogP contribution is -2.55. The molecule has 10 atom stereocenters. The molecule has 0 amide bonds. The number of aliphatic hydroxyl groups is 3. The van der Waals surface area contributed by atoms with E-state index in [1.54, 1.807) is 6.92 Å².